The zero-order chi connectivity index (χ0) is 13.8. The van der Waals surface area contributed by atoms with Crippen molar-refractivity contribution in [2.75, 3.05) is 11.9 Å². The number of rotatable bonds is 5. The molecule has 2 N–H and O–H groups in total. The SMILES string of the molecule is O=C(O)c1cn(CCNc2c(F)cccc2Cl)nn1. The van der Waals surface area contributed by atoms with Crippen LogP contribution < -0.4 is 5.32 Å². The minimum Gasteiger partial charge on any atom is -0.476 e. The van der Waals surface area contributed by atoms with Gasteiger partial charge in [-0.3, -0.25) is 0 Å². The number of hydrogen-bond acceptors (Lipinski definition) is 4. The Morgan fingerprint density at radius 1 is 1.53 bits per heavy atom. The topological polar surface area (TPSA) is 80.0 Å². The van der Waals surface area contributed by atoms with Crippen LogP contribution in [0.4, 0.5) is 10.1 Å². The lowest BCUT2D eigenvalue weighted by Crippen LogP contribution is -2.12. The van der Waals surface area contributed by atoms with Gasteiger partial charge in [0.05, 0.1) is 23.5 Å². The van der Waals surface area contributed by atoms with Gasteiger partial charge in [0.25, 0.3) is 0 Å². The number of nitrogens with zero attached hydrogens (tertiary/aromatic N) is 3. The Balaban J connectivity index is 1.94. The lowest BCUT2D eigenvalue weighted by molar-refractivity contribution is 0.0690. The van der Waals surface area contributed by atoms with Crippen molar-refractivity contribution < 1.29 is 14.3 Å². The van der Waals surface area contributed by atoms with Crippen LogP contribution in [0, 0.1) is 5.82 Å². The Bertz CT molecular complexity index is 582. The highest BCUT2D eigenvalue weighted by molar-refractivity contribution is 6.33. The average molecular weight is 285 g/mol. The van der Waals surface area contributed by atoms with Gasteiger partial charge < -0.3 is 10.4 Å². The van der Waals surface area contributed by atoms with Crippen LogP contribution in [0.2, 0.25) is 5.02 Å². The standard InChI is InChI=1S/C11H10ClFN4O2/c12-7-2-1-3-8(13)10(7)14-4-5-17-6-9(11(18)19)15-16-17/h1-3,6,14H,4-5H2,(H,18,19). The number of carboxylic acids is 1. The quantitative estimate of drug-likeness (QED) is 0.876. The van der Waals surface area contributed by atoms with Gasteiger partial charge in [0.1, 0.15) is 5.82 Å². The highest BCUT2D eigenvalue weighted by Gasteiger charge is 2.09. The summed E-state index contributed by atoms with van der Waals surface area (Å²) < 4.78 is 14.8. The van der Waals surface area contributed by atoms with Crippen LogP contribution in [0.1, 0.15) is 10.5 Å². The van der Waals surface area contributed by atoms with Crippen LogP contribution in [0.25, 0.3) is 0 Å². The molecule has 2 rings (SSSR count). The van der Waals surface area contributed by atoms with Crippen molar-refractivity contribution in [2.45, 2.75) is 6.54 Å². The molecule has 0 atom stereocenters. The third kappa shape index (κ3) is 3.19. The Labute approximate surface area is 112 Å². The summed E-state index contributed by atoms with van der Waals surface area (Å²) in [5.74, 6) is -1.59. The first kappa shape index (κ1) is 13.3. The maximum Gasteiger partial charge on any atom is 0.358 e. The van der Waals surface area contributed by atoms with E-state index in [-0.39, 0.29) is 16.4 Å². The Hall–Kier alpha value is -2.15. The number of carboxylic acid groups (broad SMARTS) is 1. The van der Waals surface area contributed by atoms with Crippen molar-refractivity contribution in [3.05, 3.63) is 40.9 Å². The van der Waals surface area contributed by atoms with Crippen LogP contribution in [-0.2, 0) is 6.54 Å². The maximum absolute atomic E-state index is 13.4. The Kier molecular flexibility index (Phi) is 3.96. The maximum atomic E-state index is 13.4. The van der Waals surface area contributed by atoms with Gasteiger partial charge in [0.2, 0.25) is 0 Å². The average Bonchev–Trinajstić information content (AvgIpc) is 2.82. The molecule has 0 aliphatic rings. The number of halogens is 2. The summed E-state index contributed by atoms with van der Waals surface area (Å²) in [5.41, 5.74) is 0.0756. The van der Waals surface area contributed by atoms with E-state index < -0.39 is 11.8 Å². The van der Waals surface area contributed by atoms with Crippen molar-refractivity contribution in [3.63, 3.8) is 0 Å². The second-order valence-corrected chi connectivity index (χ2v) is 4.10. The Morgan fingerprint density at radius 2 is 2.32 bits per heavy atom. The van der Waals surface area contributed by atoms with Crippen LogP contribution >= 0.6 is 11.6 Å². The molecule has 0 unspecified atom stereocenters. The molecular weight excluding hydrogens is 275 g/mol. The summed E-state index contributed by atoms with van der Waals surface area (Å²) in [5, 5.41) is 18.9. The molecule has 0 saturated heterocycles. The van der Waals surface area contributed by atoms with Gasteiger partial charge >= 0.3 is 5.97 Å². The number of anilines is 1. The van der Waals surface area contributed by atoms with Crippen molar-refractivity contribution in [1.29, 1.82) is 0 Å². The molecular formula is C11H10ClFN4O2. The van der Waals surface area contributed by atoms with Crippen molar-refractivity contribution >= 4 is 23.3 Å². The lowest BCUT2D eigenvalue weighted by Gasteiger charge is -2.08. The summed E-state index contributed by atoms with van der Waals surface area (Å²) in [6.07, 6.45) is 1.30. The number of para-hydroxylation sites is 1. The number of nitrogens with one attached hydrogen (secondary N) is 1. The van der Waals surface area contributed by atoms with Gasteiger partial charge in [-0.25, -0.2) is 13.9 Å². The first-order valence-corrected chi connectivity index (χ1v) is 5.77. The molecule has 8 heteroatoms. The minimum atomic E-state index is -1.14. The van der Waals surface area contributed by atoms with E-state index in [4.69, 9.17) is 16.7 Å². The second-order valence-electron chi connectivity index (χ2n) is 3.70. The number of benzene rings is 1. The predicted molar refractivity (Wildman–Crippen MR) is 66.9 cm³/mol. The van der Waals surface area contributed by atoms with E-state index >= 15 is 0 Å². The fourth-order valence-electron chi connectivity index (χ4n) is 1.47. The molecule has 1 aromatic carbocycles. The van der Waals surface area contributed by atoms with Crippen molar-refractivity contribution in [2.24, 2.45) is 0 Å². The van der Waals surface area contributed by atoms with Crippen molar-refractivity contribution in [3.8, 4) is 0 Å². The van der Waals surface area contributed by atoms with E-state index in [0.29, 0.717) is 13.1 Å². The Morgan fingerprint density at radius 3 is 2.95 bits per heavy atom. The molecule has 0 amide bonds. The highest BCUT2D eigenvalue weighted by atomic mass is 35.5. The fourth-order valence-corrected chi connectivity index (χ4v) is 1.70. The van der Waals surface area contributed by atoms with Gasteiger partial charge in [-0.2, -0.15) is 0 Å². The molecule has 0 radical (unpaired) electrons. The summed E-state index contributed by atoms with van der Waals surface area (Å²) in [6.45, 7) is 0.675. The van der Waals surface area contributed by atoms with E-state index in [2.05, 4.69) is 15.6 Å². The molecule has 100 valence electrons. The van der Waals surface area contributed by atoms with Gasteiger partial charge in [-0.1, -0.05) is 22.9 Å². The summed E-state index contributed by atoms with van der Waals surface area (Å²) in [4.78, 5) is 10.6. The molecule has 0 bridgehead atoms. The third-order valence-corrected chi connectivity index (χ3v) is 2.68. The third-order valence-electron chi connectivity index (χ3n) is 2.36. The molecule has 0 saturated carbocycles. The number of carbonyl (C=O) groups is 1. The largest absolute Gasteiger partial charge is 0.476 e. The number of hydrogen-bond donors (Lipinski definition) is 2. The minimum absolute atomic E-state index is 0.135. The monoisotopic (exact) mass is 284 g/mol. The van der Waals surface area contributed by atoms with Crippen LogP contribution in [0.5, 0.6) is 0 Å². The second kappa shape index (κ2) is 5.66. The van der Waals surface area contributed by atoms with Crippen LogP contribution in [-0.4, -0.2) is 32.6 Å². The first-order chi connectivity index (χ1) is 9.08. The van der Waals surface area contributed by atoms with Crippen LogP contribution in [0.15, 0.2) is 24.4 Å². The van der Waals surface area contributed by atoms with Gasteiger partial charge in [0.15, 0.2) is 5.69 Å². The molecule has 19 heavy (non-hydrogen) atoms. The molecule has 0 spiro atoms. The zero-order valence-corrected chi connectivity index (χ0v) is 10.4. The van der Waals surface area contributed by atoms with Crippen LogP contribution in [0.3, 0.4) is 0 Å². The molecule has 1 aromatic heterocycles. The first-order valence-electron chi connectivity index (χ1n) is 5.39. The summed E-state index contributed by atoms with van der Waals surface area (Å²) in [6, 6.07) is 4.39. The number of aromatic nitrogens is 3. The molecule has 1 heterocycles. The van der Waals surface area contributed by atoms with E-state index in [1.807, 2.05) is 0 Å². The van der Waals surface area contributed by atoms with Gasteiger partial charge in [-0.05, 0) is 12.1 Å². The lowest BCUT2D eigenvalue weighted by atomic mass is 10.3. The van der Waals surface area contributed by atoms with E-state index in [9.17, 15) is 9.18 Å². The smallest absolute Gasteiger partial charge is 0.358 e. The molecule has 0 aliphatic heterocycles. The number of aromatic carboxylic acids is 1. The van der Waals surface area contributed by atoms with Crippen molar-refractivity contribution in [1.82, 2.24) is 15.0 Å². The zero-order valence-electron chi connectivity index (χ0n) is 9.68. The summed E-state index contributed by atoms with van der Waals surface area (Å²) in [7, 11) is 0. The highest BCUT2D eigenvalue weighted by Crippen LogP contribution is 2.24. The fraction of sp³-hybridized carbons (Fsp3) is 0.182. The van der Waals surface area contributed by atoms with E-state index in [1.54, 1.807) is 6.07 Å². The molecule has 0 fully saturated rings. The molecule has 6 nitrogen and oxygen atoms in total. The predicted octanol–water partition coefficient (Wildman–Crippen LogP) is 1.88. The van der Waals surface area contributed by atoms with Gasteiger partial charge in [0, 0.05) is 6.54 Å². The van der Waals surface area contributed by atoms with E-state index in [1.165, 1.54) is 23.0 Å². The van der Waals surface area contributed by atoms with Gasteiger partial charge in [-0.15, -0.1) is 5.10 Å². The van der Waals surface area contributed by atoms with E-state index in [0.717, 1.165) is 0 Å². The molecule has 0 aliphatic carbocycles. The normalized spacial score (nSPS) is 10.4. The summed E-state index contributed by atoms with van der Waals surface area (Å²) >= 11 is 5.84. The molecule has 2 aromatic rings.